The Hall–Kier alpha value is -3.90. The van der Waals surface area contributed by atoms with E-state index in [1.807, 2.05) is 36.4 Å². The zero-order valence-electron chi connectivity index (χ0n) is 19.4. The van der Waals surface area contributed by atoms with E-state index in [2.05, 4.69) is 17.4 Å². The summed E-state index contributed by atoms with van der Waals surface area (Å²) < 4.78 is 28.2. The van der Waals surface area contributed by atoms with Gasteiger partial charge in [-0.15, -0.1) is 0 Å². The normalized spacial score (nSPS) is 11.1. The van der Waals surface area contributed by atoms with E-state index in [0.717, 1.165) is 18.4 Å². The first-order chi connectivity index (χ1) is 17.0. The lowest BCUT2D eigenvalue weighted by atomic mass is 10.1. The zero-order valence-corrected chi connectivity index (χ0v) is 20.2. The van der Waals surface area contributed by atoms with E-state index in [-0.39, 0.29) is 17.3 Å². The number of nitrogens with zero attached hydrogens (tertiary/aromatic N) is 1. The molecule has 4 aromatic carbocycles. The molecule has 1 N–H and O–H groups in total. The average Bonchev–Trinajstić information content (AvgIpc) is 2.91. The molecule has 0 aliphatic carbocycles. The largest absolute Gasteiger partial charge is 0.352 e. The summed E-state index contributed by atoms with van der Waals surface area (Å²) in [7, 11) is -3.76. The van der Waals surface area contributed by atoms with E-state index in [1.165, 1.54) is 9.87 Å². The molecular weight excluding hydrogens is 456 g/mol. The maximum atomic E-state index is 13.4. The molecule has 0 spiro atoms. The van der Waals surface area contributed by atoms with Gasteiger partial charge in [-0.1, -0.05) is 78.9 Å². The van der Waals surface area contributed by atoms with Crippen molar-refractivity contribution in [1.29, 1.82) is 0 Å². The molecule has 1 amide bonds. The van der Waals surface area contributed by atoms with Crippen LogP contribution in [0.1, 0.15) is 27.9 Å². The minimum Gasteiger partial charge on any atom is -0.352 e. The Labute approximate surface area is 207 Å². The number of rotatable bonds is 10. The predicted octanol–water partition coefficient (Wildman–Crippen LogP) is 5.44. The first-order valence-corrected chi connectivity index (χ1v) is 13.0. The number of para-hydroxylation sites is 1. The molecule has 0 aliphatic heterocycles. The van der Waals surface area contributed by atoms with Crippen LogP contribution in [-0.4, -0.2) is 20.9 Å². The summed E-state index contributed by atoms with van der Waals surface area (Å²) in [6.45, 7) is 0.743. The summed E-state index contributed by atoms with van der Waals surface area (Å²) in [6.07, 6.45) is 1.77. The van der Waals surface area contributed by atoms with Crippen LogP contribution in [0.25, 0.3) is 0 Å². The Kier molecular flexibility index (Phi) is 7.95. The van der Waals surface area contributed by atoms with Crippen molar-refractivity contribution in [3.63, 3.8) is 0 Å². The second-order valence-corrected chi connectivity index (χ2v) is 10.1. The quantitative estimate of drug-likeness (QED) is 0.305. The van der Waals surface area contributed by atoms with Crippen LogP contribution >= 0.6 is 0 Å². The Balaban J connectivity index is 1.42. The number of anilines is 1. The number of aryl methyl sites for hydroxylation is 1. The fourth-order valence-corrected chi connectivity index (χ4v) is 5.27. The predicted molar refractivity (Wildman–Crippen MR) is 140 cm³/mol. The Morgan fingerprint density at radius 3 is 1.89 bits per heavy atom. The molecule has 0 aliphatic rings. The highest BCUT2D eigenvalue weighted by atomic mass is 32.2. The Morgan fingerprint density at radius 1 is 0.686 bits per heavy atom. The van der Waals surface area contributed by atoms with Crippen LogP contribution < -0.4 is 9.62 Å². The van der Waals surface area contributed by atoms with Crippen LogP contribution in [0.3, 0.4) is 0 Å². The van der Waals surface area contributed by atoms with Gasteiger partial charge in [0.15, 0.2) is 0 Å². The number of sulfonamides is 1. The first kappa shape index (κ1) is 24.2. The van der Waals surface area contributed by atoms with Gasteiger partial charge in [-0.05, 0) is 60.4 Å². The van der Waals surface area contributed by atoms with E-state index in [0.29, 0.717) is 17.8 Å². The summed E-state index contributed by atoms with van der Waals surface area (Å²) in [5.41, 5.74) is 3.16. The smallest absolute Gasteiger partial charge is 0.264 e. The molecule has 6 heteroatoms. The van der Waals surface area contributed by atoms with Gasteiger partial charge in [-0.25, -0.2) is 8.42 Å². The van der Waals surface area contributed by atoms with Gasteiger partial charge in [-0.3, -0.25) is 9.10 Å². The molecule has 0 radical (unpaired) electrons. The summed E-state index contributed by atoms with van der Waals surface area (Å²) in [4.78, 5) is 12.8. The fourth-order valence-electron chi connectivity index (χ4n) is 3.80. The van der Waals surface area contributed by atoms with Crippen LogP contribution in [0.15, 0.2) is 120 Å². The van der Waals surface area contributed by atoms with Crippen molar-refractivity contribution in [1.82, 2.24) is 5.32 Å². The maximum absolute atomic E-state index is 13.4. The van der Waals surface area contributed by atoms with E-state index in [1.54, 1.807) is 66.7 Å². The lowest BCUT2D eigenvalue weighted by molar-refractivity contribution is 0.0953. The number of carbonyl (C=O) groups excluding carboxylic acids is 1. The van der Waals surface area contributed by atoms with Crippen LogP contribution in [0, 0.1) is 0 Å². The van der Waals surface area contributed by atoms with Gasteiger partial charge in [-0.2, -0.15) is 0 Å². The lowest BCUT2D eigenvalue weighted by Crippen LogP contribution is -2.30. The number of benzene rings is 4. The minimum atomic E-state index is -3.76. The van der Waals surface area contributed by atoms with E-state index in [4.69, 9.17) is 0 Å². The van der Waals surface area contributed by atoms with Crippen LogP contribution in [0.4, 0.5) is 5.69 Å². The highest BCUT2D eigenvalue weighted by Gasteiger charge is 2.25. The minimum absolute atomic E-state index is 0.138. The highest BCUT2D eigenvalue weighted by molar-refractivity contribution is 7.92. The third kappa shape index (κ3) is 6.37. The van der Waals surface area contributed by atoms with E-state index in [9.17, 15) is 13.2 Å². The Morgan fingerprint density at radius 2 is 1.26 bits per heavy atom. The molecule has 0 fully saturated rings. The van der Waals surface area contributed by atoms with Crippen molar-refractivity contribution in [2.75, 3.05) is 10.8 Å². The Bertz CT molecular complexity index is 1330. The molecule has 5 nitrogen and oxygen atoms in total. The van der Waals surface area contributed by atoms with E-state index < -0.39 is 10.0 Å². The number of amides is 1. The van der Waals surface area contributed by atoms with E-state index >= 15 is 0 Å². The van der Waals surface area contributed by atoms with Gasteiger partial charge in [0, 0.05) is 12.1 Å². The summed E-state index contributed by atoms with van der Waals surface area (Å²) >= 11 is 0. The molecular formula is C29H28N2O3S. The molecule has 0 saturated carbocycles. The number of carbonyl (C=O) groups is 1. The molecule has 0 atom stereocenters. The van der Waals surface area contributed by atoms with Crippen molar-refractivity contribution < 1.29 is 13.2 Å². The third-order valence-corrected chi connectivity index (χ3v) is 7.48. The monoisotopic (exact) mass is 484 g/mol. The molecule has 35 heavy (non-hydrogen) atoms. The first-order valence-electron chi connectivity index (χ1n) is 11.6. The molecule has 0 bridgehead atoms. The van der Waals surface area contributed by atoms with Gasteiger partial charge < -0.3 is 5.32 Å². The second kappa shape index (κ2) is 11.5. The van der Waals surface area contributed by atoms with Crippen LogP contribution in [-0.2, 0) is 23.0 Å². The molecule has 4 rings (SSSR count). The van der Waals surface area contributed by atoms with Crippen LogP contribution in [0.5, 0.6) is 0 Å². The molecule has 0 saturated heterocycles. The van der Waals surface area contributed by atoms with Crippen molar-refractivity contribution in [2.24, 2.45) is 0 Å². The molecule has 0 heterocycles. The third-order valence-electron chi connectivity index (χ3n) is 5.69. The van der Waals surface area contributed by atoms with Crippen molar-refractivity contribution in [3.05, 3.63) is 132 Å². The summed E-state index contributed by atoms with van der Waals surface area (Å²) in [5.74, 6) is -0.138. The molecule has 0 aromatic heterocycles. The summed E-state index contributed by atoms with van der Waals surface area (Å²) in [5, 5.41) is 2.96. The summed E-state index contributed by atoms with van der Waals surface area (Å²) in [6, 6.07) is 34.7. The zero-order chi connectivity index (χ0) is 24.5. The van der Waals surface area contributed by atoms with Crippen molar-refractivity contribution >= 4 is 21.6 Å². The molecule has 0 unspecified atom stereocenters. The topological polar surface area (TPSA) is 66.5 Å². The van der Waals surface area contributed by atoms with Gasteiger partial charge in [0.25, 0.3) is 15.9 Å². The van der Waals surface area contributed by atoms with Crippen LogP contribution in [0.2, 0.25) is 0 Å². The number of nitrogens with one attached hydrogen (secondary N) is 1. The van der Waals surface area contributed by atoms with Crippen molar-refractivity contribution in [2.45, 2.75) is 24.3 Å². The second-order valence-electron chi connectivity index (χ2n) is 8.20. The van der Waals surface area contributed by atoms with Gasteiger partial charge >= 0.3 is 0 Å². The van der Waals surface area contributed by atoms with Gasteiger partial charge in [0.2, 0.25) is 0 Å². The standard InChI is InChI=1S/C29H28N2O3S/c32-29(30-22-10-13-24-11-4-1-5-12-24)26-20-18-25(19-21-26)23-31(27-14-6-2-7-15-27)35(33,34)28-16-8-3-9-17-28/h1-9,11-12,14-21H,10,13,22-23H2,(H,30,32). The number of hydrogen-bond donors (Lipinski definition) is 1. The fraction of sp³-hybridized carbons (Fsp3) is 0.138. The lowest BCUT2D eigenvalue weighted by Gasteiger charge is -2.25. The van der Waals surface area contributed by atoms with Gasteiger partial charge in [0.1, 0.15) is 0 Å². The molecule has 4 aromatic rings. The SMILES string of the molecule is O=C(NCCCc1ccccc1)c1ccc(CN(c2ccccc2)S(=O)(=O)c2ccccc2)cc1. The molecule has 178 valence electrons. The number of hydrogen-bond acceptors (Lipinski definition) is 3. The maximum Gasteiger partial charge on any atom is 0.264 e. The highest BCUT2D eigenvalue weighted by Crippen LogP contribution is 2.25. The van der Waals surface area contributed by atoms with Gasteiger partial charge in [0.05, 0.1) is 17.1 Å². The average molecular weight is 485 g/mol. The van der Waals surface area contributed by atoms with Crippen molar-refractivity contribution in [3.8, 4) is 0 Å².